The Bertz CT molecular complexity index is 1120. The summed E-state index contributed by atoms with van der Waals surface area (Å²) in [6.07, 6.45) is 10.5. The molecule has 210 valence electrons. The van der Waals surface area contributed by atoms with Gasteiger partial charge < -0.3 is 15.1 Å². The van der Waals surface area contributed by atoms with Crippen LogP contribution in [0.5, 0.6) is 0 Å². The van der Waals surface area contributed by atoms with Crippen LogP contribution in [-0.2, 0) is 16.2 Å². The van der Waals surface area contributed by atoms with Gasteiger partial charge in [-0.05, 0) is 116 Å². The van der Waals surface area contributed by atoms with Crippen molar-refractivity contribution in [2.24, 2.45) is 34.0 Å². The van der Waals surface area contributed by atoms with Crippen LogP contribution in [-0.4, -0.2) is 48.2 Å². The number of benzene rings is 1. The van der Waals surface area contributed by atoms with E-state index in [4.69, 9.17) is 9.78 Å². The summed E-state index contributed by atoms with van der Waals surface area (Å²) < 4.78 is 0. The summed E-state index contributed by atoms with van der Waals surface area (Å²) in [4.78, 5) is 14.2. The SMILES string of the molecule is CC[C@]12C[C@@H]3c4cccc(N(C)C)c4C[C@]45CCC6(CC(C)(C)COO6)C[C@]4(O)CC[C@H]([C@H]35)[C@@H]1CC[C@@H]2O. The Hall–Kier alpha value is -1.14. The highest BCUT2D eigenvalue weighted by Crippen LogP contribution is 2.75. The Balaban J connectivity index is 1.39. The molecule has 1 saturated heterocycles. The van der Waals surface area contributed by atoms with Crippen LogP contribution in [0.2, 0.25) is 0 Å². The van der Waals surface area contributed by atoms with Crippen LogP contribution in [0.1, 0.15) is 102 Å². The predicted molar refractivity (Wildman–Crippen MR) is 149 cm³/mol. The van der Waals surface area contributed by atoms with Gasteiger partial charge in [0.2, 0.25) is 0 Å². The van der Waals surface area contributed by atoms with Gasteiger partial charge in [-0.25, -0.2) is 9.78 Å². The zero-order valence-electron chi connectivity index (χ0n) is 24.3. The van der Waals surface area contributed by atoms with Gasteiger partial charge in [0.05, 0.1) is 18.3 Å². The smallest absolute Gasteiger partial charge is 0.107 e. The summed E-state index contributed by atoms with van der Waals surface area (Å²) in [7, 11) is 4.32. The molecule has 0 radical (unpaired) electrons. The van der Waals surface area contributed by atoms with Crippen molar-refractivity contribution in [3.8, 4) is 0 Å². The normalized spacial score (nSPS) is 48.6. The largest absolute Gasteiger partial charge is 0.393 e. The number of hydrogen-bond acceptors (Lipinski definition) is 5. The minimum absolute atomic E-state index is 0.0193. The third kappa shape index (κ3) is 3.25. The van der Waals surface area contributed by atoms with Gasteiger partial charge in [0, 0.05) is 31.6 Å². The predicted octanol–water partition coefficient (Wildman–Crippen LogP) is 6.01. The summed E-state index contributed by atoms with van der Waals surface area (Å²) >= 11 is 0. The maximum absolute atomic E-state index is 13.0. The minimum Gasteiger partial charge on any atom is -0.393 e. The standard InChI is InChI=1S/C33H49NO4/c1-6-31-16-24-21-8-7-9-26(34(4)5)23(21)17-32-15-14-30(18-29(2,3)20-37-38-30)19-33(32,36)13-12-22(28(24)32)25(31)10-11-27(31)35/h7-9,22,24-25,27-28,35-36H,6,10-20H2,1-5H3/t22-,24+,25-,27-,28+,30?,31-,32-,33+/m0/s1. The van der Waals surface area contributed by atoms with Crippen molar-refractivity contribution in [1.82, 2.24) is 0 Å². The van der Waals surface area contributed by atoms with Gasteiger partial charge in [0.25, 0.3) is 0 Å². The molecule has 1 aliphatic heterocycles. The molecule has 4 saturated carbocycles. The zero-order valence-corrected chi connectivity index (χ0v) is 24.3. The third-order valence-corrected chi connectivity index (χ3v) is 13.0. The van der Waals surface area contributed by atoms with Crippen LogP contribution in [0, 0.1) is 34.0 Å². The first-order valence-corrected chi connectivity index (χ1v) is 15.5. The lowest BCUT2D eigenvalue weighted by atomic mass is 9.36. The Morgan fingerprint density at radius 1 is 1.05 bits per heavy atom. The molecule has 2 N–H and O–H groups in total. The Morgan fingerprint density at radius 2 is 1.87 bits per heavy atom. The van der Waals surface area contributed by atoms with Gasteiger partial charge in [-0.3, -0.25) is 0 Å². The molecule has 1 aromatic rings. The summed E-state index contributed by atoms with van der Waals surface area (Å²) in [6, 6.07) is 6.91. The monoisotopic (exact) mass is 523 g/mol. The third-order valence-electron chi connectivity index (χ3n) is 13.0. The van der Waals surface area contributed by atoms with E-state index in [-0.39, 0.29) is 22.3 Å². The van der Waals surface area contributed by atoms with Crippen LogP contribution < -0.4 is 4.90 Å². The van der Waals surface area contributed by atoms with E-state index < -0.39 is 11.2 Å². The van der Waals surface area contributed by atoms with E-state index in [2.05, 4.69) is 58.0 Å². The maximum Gasteiger partial charge on any atom is 0.107 e. The van der Waals surface area contributed by atoms with Crippen LogP contribution in [0.25, 0.3) is 0 Å². The number of aliphatic hydroxyl groups excluding tert-OH is 1. The lowest BCUT2D eigenvalue weighted by Gasteiger charge is -2.70. The number of anilines is 1. The Labute approximate surface area is 229 Å². The highest BCUT2D eigenvalue weighted by molar-refractivity contribution is 5.59. The highest BCUT2D eigenvalue weighted by atomic mass is 17.2. The van der Waals surface area contributed by atoms with Crippen LogP contribution >= 0.6 is 0 Å². The molecule has 5 aliphatic carbocycles. The fraction of sp³-hybridized carbons (Fsp3) is 0.818. The summed E-state index contributed by atoms with van der Waals surface area (Å²) in [5.74, 6) is 2.02. The Kier molecular flexibility index (Phi) is 5.57. The van der Waals surface area contributed by atoms with Crippen LogP contribution in [0.4, 0.5) is 5.69 Å². The van der Waals surface area contributed by atoms with E-state index >= 15 is 0 Å². The molecule has 1 unspecified atom stereocenters. The van der Waals surface area contributed by atoms with Crippen molar-refractivity contribution >= 4 is 5.69 Å². The number of rotatable bonds is 2. The van der Waals surface area contributed by atoms with Crippen molar-refractivity contribution in [2.45, 2.75) is 115 Å². The molecule has 5 fully saturated rings. The second-order valence-corrected chi connectivity index (χ2v) is 15.5. The fourth-order valence-corrected chi connectivity index (χ4v) is 11.7. The maximum atomic E-state index is 13.0. The molecule has 2 spiro atoms. The number of hydrogen-bond donors (Lipinski definition) is 2. The van der Waals surface area contributed by atoms with Crippen molar-refractivity contribution in [3.63, 3.8) is 0 Å². The lowest BCUT2D eigenvalue weighted by molar-refractivity contribution is -0.425. The van der Waals surface area contributed by atoms with Crippen LogP contribution in [0.3, 0.4) is 0 Å². The second kappa shape index (κ2) is 8.21. The van der Waals surface area contributed by atoms with Gasteiger partial charge in [0.15, 0.2) is 0 Å². The van der Waals surface area contributed by atoms with Gasteiger partial charge >= 0.3 is 0 Å². The van der Waals surface area contributed by atoms with E-state index in [1.165, 1.54) is 16.8 Å². The zero-order chi connectivity index (χ0) is 26.7. The molecule has 0 aromatic heterocycles. The van der Waals surface area contributed by atoms with E-state index in [1.807, 2.05) is 0 Å². The first-order valence-electron chi connectivity index (χ1n) is 15.5. The minimum atomic E-state index is -0.762. The average Bonchev–Trinajstić information content (AvgIpc) is 3.20. The van der Waals surface area contributed by atoms with Gasteiger partial charge in [-0.1, -0.05) is 32.9 Å². The number of nitrogens with zero attached hydrogens (tertiary/aromatic N) is 1. The molecular formula is C33H49NO4. The molecule has 6 aliphatic rings. The molecule has 0 amide bonds. The quantitative estimate of drug-likeness (QED) is 0.465. The summed E-state index contributed by atoms with van der Waals surface area (Å²) in [5, 5.41) is 24.5. The summed E-state index contributed by atoms with van der Waals surface area (Å²) in [5.41, 5.74) is 3.03. The lowest BCUT2D eigenvalue weighted by Crippen LogP contribution is -2.70. The van der Waals surface area contributed by atoms with Crippen molar-refractivity contribution in [1.29, 1.82) is 0 Å². The molecule has 5 heteroatoms. The first kappa shape index (κ1) is 25.8. The van der Waals surface area contributed by atoms with E-state index in [0.29, 0.717) is 36.7 Å². The molecule has 1 aromatic carbocycles. The topological polar surface area (TPSA) is 62.2 Å². The number of fused-ring (bicyclic) bond motifs is 4. The van der Waals surface area contributed by atoms with Gasteiger partial charge in [0.1, 0.15) is 5.60 Å². The van der Waals surface area contributed by atoms with E-state index in [9.17, 15) is 10.2 Å². The highest BCUT2D eigenvalue weighted by Gasteiger charge is 2.72. The van der Waals surface area contributed by atoms with E-state index in [1.54, 1.807) is 0 Å². The van der Waals surface area contributed by atoms with Gasteiger partial charge in [-0.15, -0.1) is 0 Å². The molecule has 9 atom stereocenters. The molecule has 5 nitrogen and oxygen atoms in total. The fourth-order valence-electron chi connectivity index (χ4n) is 11.7. The molecule has 0 bridgehead atoms. The second-order valence-electron chi connectivity index (χ2n) is 15.5. The Morgan fingerprint density at radius 3 is 2.61 bits per heavy atom. The average molecular weight is 524 g/mol. The molecule has 38 heavy (non-hydrogen) atoms. The summed E-state index contributed by atoms with van der Waals surface area (Å²) in [6.45, 7) is 7.49. The van der Waals surface area contributed by atoms with Crippen molar-refractivity contribution in [2.75, 3.05) is 25.6 Å². The first-order chi connectivity index (χ1) is 18.0. The van der Waals surface area contributed by atoms with Crippen molar-refractivity contribution < 1.29 is 20.0 Å². The van der Waals surface area contributed by atoms with Crippen LogP contribution in [0.15, 0.2) is 18.2 Å². The molecule has 7 rings (SSSR count). The van der Waals surface area contributed by atoms with Gasteiger partial charge in [-0.2, -0.15) is 0 Å². The molecule has 1 heterocycles. The molecular weight excluding hydrogens is 474 g/mol. The van der Waals surface area contributed by atoms with E-state index in [0.717, 1.165) is 64.2 Å². The number of aliphatic hydroxyl groups is 2. The van der Waals surface area contributed by atoms with Crippen molar-refractivity contribution in [3.05, 3.63) is 29.3 Å².